The summed E-state index contributed by atoms with van der Waals surface area (Å²) in [5, 5.41) is 9.02. The van der Waals surface area contributed by atoms with Crippen molar-refractivity contribution < 1.29 is 14.7 Å². The van der Waals surface area contributed by atoms with Gasteiger partial charge in [-0.15, -0.1) is 6.42 Å². The summed E-state index contributed by atoms with van der Waals surface area (Å²) in [6.45, 7) is -0.556. The summed E-state index contributed by atoms with van der Waals surface area (Å²) < 4.78 is 0. The fourth-order valence-electron chi connectivity index (χ4n) is 1.33. The van der Waals surface area contributed by atoms with Crippen LogP contribution in [0.25, 0.3) is 0 Å². The Kier molecular flexibility index (Phi) is 4.58. The molecule has 94 valence electrons. The quantitative estimate of drug-likeness (QED) is 0.631. The van der Waals surface area contributed by atoms with E-state index in [2.05, 4.69) is 5.92 Å². The number of terminal acetylenes is 1. The molecule has 0 bridgehead atoms. The molecule has 5 nitrogen and oxygen atoms in total. The second kappa shape index (κ2) is 5.94. The van der Waals surface area contributed by atoms with E-state index >= 15 is 0 Å². The van der Waals surface area contributed by atoms with Crippen LogP contribution in [-0.4, -0.2) is 35.0 Å². The summed E-state index contributed by atoms with van der Waals surface area (Å²) in [6, 6.07) is 4.32. The first kappa shape index (κ1) is 13.9. The molecule has 3 N–H and O–H groups in total. The number of halogens is 1. The standard InChI is InChI=1S/C12H11ClN2O3/c1-2-5-15(7-11(16)17)12(18)8-3-4-9(13)10(14)6-8/h1,3-4,6H,5,7,14H2,(H,16,17). The van der Waals surface area contributed by atoms with Gasteiger partial charge in [0.05, 0.1) is 17.3 Å². The third-order valence-electron chi connectivity index (χ3n) is 2.14. The average Bonchev–Trinajstić information content (AvgIpc) is 2.31. The van der Waals surface area contributed by atoms with Gasteiger partial charge < -0.3 is 15.7 Å². The van der Waals surface area contributed by atoms with Gasteiger partial charge in [0, 0.05) is 5.56 Å². The highest BCUT2D eigenvalue weighted by Gasteiger charge is 2.18. The number of rotatable bonds is 4. The van der Waals surface area contributed by atoms with Crippen LogP contribution in [0, 0.1) is 12.3 Å². The fraction of sp³-hybridized carbons (Fsp3) is 0.167. The van der Waals surface area contributed by atoms with Crippen LogP contribution >= 0.6 is 11.6 Å². The molecule has 0 aliphatic carbocycles. The second-order valence-electron chi connectivity index (χ2n) is 3.50. The maximum absolute atomic E-state index is 12.0. The van der Waals surface area contributed by atoms with Gasteiger partial charge in [-0.05, 0) is 18.2 Å². The number of carboxylic acids is 1. The van der Waals surface area contributed by atoms with Crippen LogP contribution in [0.3, 0.4) is 0 Å². The minimum atomic E-state index is -1.14. The number of hydrogen-bond donors (Lipinski definition) is 2. The van der Waals surface area contributed by atoms with Crippen LogP contribution in [0.4, 0.5) is 5.69 Å². The Morgan fingerprint density at radius 3 is 2.67 bits per heavy atom. The number of amides is 1. The van der Waals surface area contributed by atoms with Crippen molar-refractivity contribution in [1.82, 2.24) is 4.90 Å². The lowest BCUT2D eigenvalue weighted by Crippen LogP contribution is -2.36. The Balaban J connectivity index is 2.98. The summed E-state index contributed by atoms with van der Waals surface area (Å²) in [5.74, 6) is 0.595. The predicted octanol–water partition coefficient (Wildman–Crippen LogP) is 1.08. The van der Waals surface area contributed by atoms with Crippen molar-refractivity contribution in [2.45, 2.75) is 0 Å². The van der Waals surface area contributed by atoms with Crippen molar-refractivity contribution >= 4 is 29.2 Å². The van der Waals surface area contributed by atoms with Gasteiger partial charge in [-0.1, -0.05) is 17.5 Å². The highest BCUT2D eigenvalue weighted by atomic mass is 35.5. The zero-order valence-electron chi connectivity index (χ0n) is 9.39. The van der Waals surface area contributed by atoms with E-state index in [1.807, 2.05) is 0 Å². The summed E-state index contributed by atoms with van der Waals surface area (Å²) in [5.41, 5.74) is 6.07. The van der Waals surface area contributed by atoms with E-state index in [9.17, 15) is 9.59 Å². The first-order chi connectivity index (χ1) is 8.45. The molecule has 0 spiro atoms. The monoisotopic (exact) mass is 266 g/mol. The summed E-state index contributed by atoms with van der Waals surface area (Å²) in [7, 11) is 0. The molecule has 0 heterocycles. The molecule has 0 saturated carbocycles. The van der Waals surface area contributed by atoms with Gasteiger partial charge >= 0.3 is 5.97 Å². The normalized spacial score (nSPS) is 9.56. The molecule has 0 unspecified atom stereocenters. The fourth-order valence-corrected chi connectivity index (χ4v) is 1.45. The number of nitrogen functional groups attached to an aromatic ring is 1. The largest absolute Gasteiger partial charge is 0.480 e. The smallest absolute Gasteiger partial charge is 0.323 e. The lowest BCUT2D eigenvalue weighted by Gasteiger charge is -2.18. The van der Waals surface area contributed by atoms with Crippen molar-refractivity contribution in [1.29, 1.82) is 0 Å². The van der Waals surface area contributed by atoms with Crippen LogP contribution < -0.4 is 5.73 Å². The summed E-state index contributed by atoms with van der Waals surface area (Å²) in [6.07, 6.45) is 5.09. The van der Waals surface area contributed by atoms with Gasteiger partial charge in [0.1, 0.15) is 6.54 Å². The molecule has 1 aromatic carbocycles. The first-order valence-corrected chi connectivity index (χ1v) is 5.33. The lowest BCUT2D eigenvalue weighted by atomic mass is 10.1. The van der Waals surface area contributed by atoms with Crippen LogP contribution in [-0.2, 0) is 4.79 Å². The van der Waals surface area contributed by atoms with Crippen LogP contribution in [0.2, 0.25) is 5.02 Å². The summed E-state index contributed by atoms with van der Waals surface area (Å²) >= 11 is 5.73. The zero-order chi connectivity index (χ0) is 13.7. The second-order valence-corrected chi connectivity index (χ2v) is 3.90. The topological polar surface area (TPSA) is 83.6 Å². The number of nitrogens with zero attached hydrogens (tertiary/aromatic N) is 1. The molecule has 0 atom stereocenters. The number of nitrogens with two attached hydrogens (primary N) is 1. The molecule has 1 rings (SSSR count). The highest BCUT2D eigenvalue weighted by Crippen LogP contribution is 2.20. The highest BCUT2D eigenvalue weighted by molar-refractivity contribution is 6.33. The van der Waals surface area contributed by atoms with Gasteiger partial charge in [-0.25, -0.2) is 0 Å². The van der Waals surface area contributed by atoms with Crippen molar-refractivity contribution in [3.63, 3.8) is 0 Å². The van der Waals surface area contributed by atoms with Crippen molar-refractivity contribution in [2.24, 2.45) is 0 Å². The number of carboxylic acid groups (broad SMARTS) is 1. The molecule has 0 aliphatic rings. The minimum absolute atomic E-state index is 0.0896. The lowest BCUT2D eigenvalue weighted by molar-refractivity contribution is -0.137. The molecular formula is C12H11ClN2O3. The third-order valence-corrected chi connectivity index (χ3v) is 2.48. The molecule has 1 amide bonds. The average molecular weight is 267 g/mol. The Bertz CT molecular complexity index is 523. The number of carbonyl (C=O) groups excluding carboxylic acids is 1. The number of carbonyl (C=O) groups is 2. The van der Waals surface area contributed by atoms with Crippen molar-refractivity contribution in [2.75, 3.05) is 18.8 Å². The SMILES string of the molecule is C#CCN(CC(=O)O)C(=O)c1ccc(Cl)c(N)c1. The minimum Gasteiger partial charge on any atom is -0.480 e. The van der Waals surface area contributed by atoms with E-state index < -0.39 is 18.4 Å². The van der Waals surface area contributed by atoms with E-state index in [0.29, 0.717) is 5.02 Å². The maximum Gasteiger partial charge on any atom is 0.323 e. The molecule has 6 heteroatoms. The Morgan fingerprint density at radius 2 is 2.17 bits per heavy atom. The molecule has 0 aliphatic heterocycles. The zero-order valence-corrected chi connectivity index (χ0v) is 10.1. The molecule has 1 aromatic rings. The molecule has 18 heavy (non-hydrogen) atoms. The van der Waals surface area contributed by atoms with E-state index in [1.54, 1.807) is 0 Å². The maximum atomic E-state index is 12.0. The van der Waals surface area contributed by atoms with E-state index in [4.69, 9.17) is 28.9 Å². The molecule has 0 fully saturated rings. The van der Waals surface area contributed by atoms with E-state index in [0.717, 1.165) is 4.90 Å². The van der Waals surface area contributed by atoms with Gasteiger partial charge in [-0.2, -0.15) is 0 Å². The van der Waals surface area contributed by atoms with Crippen molar-refractivity contribution in [3.05, 3.63) is 28.8 Å². The molecule has 0 radical (unpaired) electrons. The Labute approximate surface area is 109 Å². The number of anilines is 1. The molecular weight excluding hydrogens is 256 g/mol. The number of aliphatic carboxylic acids is 1. The van der Waals surface area contributed by atoms with Gasteiger partial charge in [-0.3, -0.25) is 9.59 Å². The predicted molar refractivity (Wildman–Crippen MR) is 68.2 cm³/mol. The summed E-state index contributed by atoms with van der Waals surface area (Å²) in [4.78, 5) is 23.7. The Hall–Kier alpha value is -2.19. The molecule has 0 aromatic heterocycles. The van der Waals surface area contributed by atoms with Gasteiger partial charge in [0.15, 0.2) is 0 Å². The third kappa shape index (κ3) is 3.40. The van der Waals surface area contributed by atoms with E-state index in [-0.39, 0.29) is 17.8 Å². The number of hydrogen-bond acceptors (Lipinski definition) is 3. The van der Waals surface area contributed by atoms with Gasteiger partial charge in [0.25, 0.3) is 5.91 Å². The van der Waals surface area contributed by atoms with Crippen LogP contribution in [0.15, 0.2) is 18.2 Å². The van der Waals surface area contributed by atoms with Crippen LogP contribution in [0.1, 0.15) is 10.4 Å². The first-order valence-electron chi connectivity index (χ1n) is 4.95. The molecule has 0 saturated heterocycles. The van der Waals surface area contributed by atoms with Gasteiger partial charge in [0.2, 0.25) is 0 Å². The van der Waals surface area contributed by atoms with Crippen molar-refractivity contribution in [3.8, 4) is 12.3 Å². The van der Waals surface area contributed by atoms with E-state index in [1.165, 1.54) is 18.2 Å². The Morgan fingerprint density at radius 1 is 1.50 bits per heavy atom. The number of benzene rings is 1. The van der Waals surface area contributed by atoms with Crippen LogP contribution in [0.5, 0.6) is 0 Å².